The number of halogens is 1. The number of nitrogens with one attached hydrogen (secondary N) is 1. The van der Waals surface area contributed by atoms with Crippen LogP contribution in [0, 0.1) is 0 Å². The molecular weight excluding hydrogens is 250 g/mol. The standard InChI is InChI=1S/C13H16BrN/c14-13-6-1-3-9-7-11(8-12(9)13)15-10-4-2-5-10/h1,3,6,10-11,15H,2,4-5,7-8H2. The minimum absolute atomic E-state index is 0.684. The van der Waals surface area contributed by atoms with Gasteiger partial charge in [0.05, 0.1) is 0 Å². The summed E-state index contributed by atoms with van der Waals surface area (Å²) in [6, 6.07) is 8.06. The van der Waals surface area contributed by atoms with E-state index in [4.69, 9.17) is 0 Å². The van der Waals surface area contributed by atoms with Crippen molar-refractivity contribution in [2.75, 3.05) is 0 Å². The van der Waals surface area contributed by atoms with E-state index in [1.165, 1.54) is 47.7 Å². The van der Waals surface area contributed by atoms with Crippen LogP contribution in [0.25, 0.3) is 0 Å². The Hall–Kier alpha value is -0.340. The Bertz CT molecular complexity index is 371. The maximum absolute atomic E-state index is 3.77. The smallest absolute Gasteiger partial charge is 0.0210 e. The van der Waals surface area contributed by atoms with Crippen LogP contribution in [-0.2, 0) is 12.8 Å². The second-order valence-corrected chi connectivity index (χ2v) is 5.63. The molecule has 80 valence electrons. The molecule has 1 N–H and O–H groups in total. The first-order chi connectivity index (χ1) is 7.33. The average molecular weight is 266 g/mol. The van der Waals surface area contributed by atoms with Gasteiger partial charge in [0, 0.05) is 16.6 Å². The van der Waals surface area contributed by atoms with Crippen LogP contribution in [0.1, 0.15) is 30.4 Å². The lowest BCUT2D eigenvalue weighted by Crippen LogP contribution is -2.42. The Labute approximate surface area is 99.4 Å². The molecule has 0 aliphatic heterocycles. The van der Waals surface area contributed by atoms with Crippen LogP contribution in [0.2, 0.25) is 0 Å². The Balaban J connectivity index is 1.71. The molecule has 2 aliphatic rings. The highest BCUT2D eigenvalue weighted by Gasteiger charge is 2.27. The summed E-state index contributed by atoms with van der Waals surface area (Å²) in [5.41, 5.74) is 3.05. The molecule has 1 unspecified atom stereocenters. The van der Waals surface area contributed by atoms with Gasteiger partial charge >= 0.3 is 0 Å². The average Bonchev–Trinajstić information content (AvgIpc) is 2.56. The summed E-state index contributed by atoms with van der Waals surface area (Å²) >= 11 is 3.64. The second-order valence-electron chi connectivity index (χ2n) is 4.78. The van der Waals surface area contributed by atoms with E-state index in [1.807, 2.05) is 0 Å². The maximum atomic E-state index is 3.77. The molecule has 2 aliphatic carbocycles. The molecule has 0 amide bonds. The first kappa shape index (κ1) is 9.86. The quantitative estimate of drug-likeness (QED) is 0.867. The van der Waals surface area contributed by atoms with Gasteiger partial charge in [-0.05, 0) is 42.9 Å². The minimum Gasteiger partial charge on any atom is -0.311 e. The van der Waals surface area contributed by atoms with E-state index in [1.54, 1.807) is 0 Å². The van der Waals surface area contributed by atoms with Crippen molar-refractivity contribution < 1.29 is 0 Å². The fraction of sp³-hybridized carbons (Fsp3) is 0.538. The van der Waals surface area contributed by atoms with Gasteiger partial charge in [-0.1, -0.05) is 34.5 Å². The lowest BCUT2D eigenvalue weighted by atomic mass is 9.92. The Morgan fingerprint density at radius 2 is 2.00 bits per heavy atom. The fourth-order valence-electron chi connectivity index (χ4n) is 2.63. The van der Waals surface area contributed by atoms with Gasteiger partial charge in [0.1, 0.15) is 0 Å². The van der Waals surface area contributed by atoms with Gasteiger partial charge in [-0.3, -0.25) is 0 Å². The monoisotopic (exact) mass is 265 g/mol. The first-order valence-corrected chi connectivity index (χ1v) is 6.64. The Morgan fingerprint density at radius 1 is 1.13 bits per heavy atom. The van der Waals surface area contributed by atoms with Crippen molar-refractivity contribution in [2.24, 2.45) is 0 Å². The third kappa shape index (κ3) is 1.85. The minimum atomic E-state index is 0.684. The van der Waals surface area contributed by atoms with E-state index < -0.39 is 0 Å². The summed E-state index contributed by atoms with van der Waals surface area (Å²) in [6.45, 7) is 0. The lowest BCUT2D eigenvalue weighted by molar-refractivity contribution is 0.306. The van der Waals surface area contributed by atoms with Crippen molar-refractivity contribution in [3.05, 3.63) is 33.8 Å². The molecule has 1 aromatic carbocycles. The molecule has 3 rings (SSSR count). The molecule has 0 saturated heterocycles. The van der Waals surface area contributed by atoms with Crippen molar-refractivity contribution in [1.29, 1.82) is 0 Å². The zero-order chi connectivity index (χ0) is 10.3. The number of fused-ring (bicyclic) bond motifs is 1. The molecule has 0 bridgehead atoms. The number of rotatable bonds is 2. The molecule has 1 aromatic rings. The van der Waals surface area contributed by atoms with Crippen molar-refractivity contribution in [1.82, 2.24) is 5.32 Å². The Kier molecular flexibility index (Phi) is 2.57. The third-order valence-corrected chi connectivity index (χ3v) is 4.45. The van der Waals surface area contributed by atoms with Crippen LogP contribution in [-0.4, -0.2) is 12.1 Å². The van der Waals surface area contributed by atoms with E-state index in [-0.39, 0.29) is 0 Å². The van der Waals surface area contributed by atoms with E-state index in [0.29, 0.717) is 6.04 Å². The maximum Gasteiger partial charge on any atom is 0.0210 e. The van der Waals surface area contributed by atoms with Crippen LogP contribution in [0.5, 0.6) is 0 Å². The molecule has 1 atom stereocenters. The van der Waals surface area contributed by atoms with Crippen molar-refractivity contribution in [3.63, 3.8) is 0 Å². The summed E-state index contributed by atoms with van der Waals surface area (Å²) in [5.74, 6) is 0. The van der Waals surface area contributed by atoms with Crippen LogP contribution >= 0.6 is 15.9 Å². The van der Waals surface area contributed by atoms with E-state index >= 15 is 0 Å². The molecule has 1 saturated carbocycles. The zero-order valence-electron chi connectivity index (χ0n) is 8.80. The molecule has 2 heteroatoms. The van der Waals surface area contributed by atoms with Crippen LogP contribution in [0.15, 0.2) is 22.7 Å². The van der Waals surface area contributed by atoms with Crippen LogP contribution < -0.4 is 5.32 Å². The second kappa shape index (κ2) is 3.91. The number of benzene rings is 1. The van der Waals surface area contributed by atoms with Gasteiger partial charge in [0.25, 0.3) is 0 Å². The van der Waals surface area contributed by atoms with E-state index in [2.05, 4.69) is 39.4 Å². The van der Waals surface area contributed by atoms with Crippen molar-refractivity contribution >= 4 is 15.9 Å². The molecule has 0 radical (unpaired) electrons. The van der Waals surface area contributed by atoms with Crippen molar-refractivity contribution in [2.45, 2.75) is 44.2 Å². The van der Waals surface area contributed by atoms with Gasteiger partial charge in [0.15, 0.2) is 0 Å². The molecule has 1 fully saturated rings. The first-order valence-electron chi connectivity index (χ1n) is 5.85. The highest BCUT2D eigenvalue weighted by molar-refractivity contribution is 9.10. The third-order valence-electron chi connectivity index (χ3n) is 3.71. The predicted molar refractivity (Wildman–Crippen MR) is 66.1 cm³/mol. The van der Waals surface area contributed by atoms with Crippen molar-refractivity contribution in [3.8, 4) is 0 Å². The van der Waals surface area contributed by atoms with Gasteiger partial charge < -0.3 is 5.32 Å². The molecule has 0 spiro atoms. The molecule has 1 nitrogen and oxygen atoms in total. The summed E-state index contributed by atoms with van der Waals surface area (Å²) in [7, 11) is 0. The predicted octanol–water partition coefficient (Wildman–Crippen LogP) is 3.06. The molecule has 15 heavy (non-hydrogen) atoms. The highest BCUT2D eigenvalue weighted by Crippen LogP contribution is 2.30. The number of hydrogen-bond acceptors (Lipinski definition) is 1. The Morgan fingerprint density at radius 3 is 2.67 bits per heavy atom. The van der Waals surface area contributed by atoms with E-state index in [9.17, 15) is 0 Å². The van der Waals surface area contributed by atoms with Gasteiger partial charge in [-0.2, -0.15) is 0 Å². The fourth-order valence-corrected chi connectivity index (χ4v) is 3.20. The topological polar surface area (TPSA) is 12.0 Å². The zero-order valence-corrected chi connectivity index (χ0v) is 10.4. The summed E-state index contributed by atoms with van der Waals surface area (Å²) in [4.78, 5) is 0. The van der Waals surface area contributed by atoms with Gasteiger partial charge in [-0.25, -0.2) is 0 Å². The largest absolute Gasteiger partial charge is 0.311 e. The molecule has 0 heterocycles. The number of hydrogen-bond donors (Lipinski definition) is 1. The van der Waals surface area contributed by atoms with E-state index in [0.717, 1.165) is 6.04 Å². The molecular formula is C13H16BrN. The highest BCUT2D eigenvalue weighted by atomic mass is 79.9. The van der Waals surface area contributed by atoms with Crippen LogP contribution in [0.4, 0.5) is 0 Å². The summed E-state index contributed by atoms with van der Waals surface area (Å²) in [5, 5.41) is 3.77. The summed E-state index contributed by atoms with van der Waals surface area (Å²) < 4.78 is 1.29. The lowest BCUT2D eigenvalue weighted by Gasteiger charge is -2.29. The van der Waals surface area contributed by atoms with Gasteiger partial charge in [0.2, 0.25) is 0 Å². The summed E-state index contributed by atoms with van der Waals surface area (Å²) in [6.07, 6.45) is 6.60. The van der Waals surface area contributed by atoms with Gasteiger partial charge in [-0.15, -0.1) is 0 Å². The molecule has 0 aromatic heterocycles. The van der Waals surface area contributed by atoms with Crippen LogP contribution in [0.3, 0.4) is 0 Å². The normalized spacial score (nSPS) is 25.0. The SMILES string of the molecule is Brc1cccc2c1CC(NC1CCC1)C2.